The van der Waals surface area contributed by atoms with Crippen molar-refractivity contribution in [1.29, 1.82) is 0 Å². The Morgan fingerprint density at radius 1 is 0.938 bits per heavy atom. The molecule has 0 unspecified atom stereocenters. The van der Waals surface area contributed by atoms with Gasteiger partial charge in [0.25, 0.3) is 0 Å². The molecule has 0 aliphatic heterocycles. The Hall–Kier alpha value is -0.0800. The molecule has 0 heterocycles. The summed E-state index contributed by atoms with van der Waals surface area (Å²) < 4.78 is 5.61. The van der Waals surface area contributed by atoms with E-state index < -0.39 is 0 Å². The van der Waals surface area contributed by atoms with Gasteiger partial charge < -0.3 is 10.5 Å². The fourth-order valence-electron chi connectivity index (χ4n) is 1.66. The maximum Gasteiger partial charge on any atom is 0.0466 e. The lowest BCUT2D eigenvalue weighted by Gasteiger charge is -2.21. The zero-order valence-corrected chi connectivity index (χ0v) is 11.6. The summed E-state index contributed by atoms with van der Waals surface area (Å²) >= 11 is 0. The maximum atomic E-state index is 5.67. The average Bonchev–Trinajstić information content (AvgIpc) is 2.27. The van der Waals surface area contributed by atoms with Crippen LogP contribution in [0.3, 0.4) is 0 Å². The van der Waals surface area contributed by atoms with Crippen LogP contribution in [-0.2, 0) is 4.74 Å². The van der Waals surface area contributed by atoms with E-state index in [1.165, 1.54) is 38.5 Å². The molecule has 2 N–H and O–H groups in total. The molecule has 0 atom stereocenters. The van der Waals surface area contributed by atoms with Gasteiger partial charge in [-0.2, -0.15) is 0 Å². The summed E-state index contributed by atoms with van der Waals surface area (Å²) in [5.74, 6) is 0. The Morgan fingerprint density at radius 2 is 1.56 bits per heavy atom. The summed E-state index contributed by atoms with van der Waals surface area (Å²) in [4.78, 5) is 0. The van der Waals surface area contributed by atoms with Crippen molar-refractivity contribution in [3.05, 3.63) is 0 Å². The third-order valence-corrected chi connectivity index (χ3v) is 3.09. The van der Waals surface area contributed by atoms with Gasteiger partial charge in [-0.3, -0.25) is 0 Å². The molecule has 2 nitrogen and oxygen atoms in total. The lowest BCUT2D eigenvalue weighted by atomic mass is 9.88. The summed E-state index contributed by atoms with van der Waals surface area (Å²) in [7, 11) is 0. The second-order valence-corrected chi connectivity index (χ2v) is 5.50. The largest absolute Gasteiger partial charge is 0.381 e. The zero-order valence-electron chi connectivity index (χ0n) is 11.6. The van der Waals surface area contributed by atoms with E-state index in [1.54, 1.807) is 0 Å². The van der Waals surface area contributed by atoms with Gasteiger partial charge in [0.15, 0.2) is 0 Å². The van der Waals surface area contributed by atoms with Crippen molar-refractivity contribution in [2.24, 2.45) is 11.1 Å². The van der Waals surface area contributed by atoms with Crippen LogP contribution in [0.15, 0.2) is 0 Å². The van der Waals surface area contributed by atoms with Crippen molar-refractivity contribution in [3.63, 3.8) is 0 Å². The minimum atomic E-state index is 0.282. The summed E-state index contributed by atoms with van der Waals surface area (Å²) in [6, 6.07) is 0. The highest BCUT2D eigenvalue weighted by Crippen LogP contribution is 2.19. The van der Waals surface area contributed by atoms with Crippen molar-refractivity contribution in [2.45, 2.75) is 65.7 Å². The minimum absolute atomic E-state index is 0.282. The van der Waals surface area contributed by atoms with Crippen LogP contribution < -0.4 is 5.73 Å². The van der Waals surface area contributed by atoms with Gasteiger partial charge in [-0.15, -0.1) is 0 Å². The Labute approximate surface area is 102 Å². The van der Waals surface area contributed by atoms with Crippen LogP contribution in [0.1, 0.15) is 65.7 Å². The van der Waals surface area contributed by atoms with E-state index in [2.05, 4.69) is 20.8 Å². The average molecular weight is 229 g/mol. The molecule has 0 saturated heterocycles. The van der Waals surface area contributed by atoms with E-state index in [9.17, 15) is 0 Å². The molecule has 98 valence electrons. The smallest absolute Gasteiger partial charge is 0.0466 e. The van der Waals surface area contributed by atoms with Gasteiger partial charge in [-0.05, 0) is 31.2 Å². The van der Waals surface area contributed by atoms with Crippen LogP contribution >= 0.6 is 0 Å². The normalized spacial score (nSPS) is 12.0. The molecule has 0 bridgehead atoms. The number of unbranched alkanes of at least 4 members (excludes halogenated alkanes) is 4. The molecule has 0 spiro atoms. The first-order valence-corrected chi connectivity index (χ1v) is 6.90. The highest BCUT2D eigenvalue weighted by molar-refractivity contribution is 4.68. The monoisotopic (exact) mass is 229 g/mol. The van der Waals surface area contributed by atoms with Crippen molar-refractivity contribution in [3.8, 4) is 0 Å². The molecular formula is C14H31NO. The zero-order chi connectivity index (χ0) is 12.3. The topological polar surface area (TPSA) is 35.2 Å². The fraction of sp³-hybridized carbons (Fsp3) is 1.00. The van der Waals surface area contributed by atoms with Gasteiger partial charge >= 0.3 is 0 Å². The molecule has 0 aliphatic rings. The molecule has 0 aromatic rings. The van der Waals surface area contributed by atoms with Gasteiger partial charge in [0.2, 0.25) is 0 Å². The fourth-order valence-corrected chi connectivity index (χ4v) is 1.66. The van der Waals surface area contributed by atoms with Crippen molar-refractivity contribution >= 4 is 0 Å². The summed E-state index contributed by atoms with van der Waals surface area (Å²) in [5.41, 5.74) is 5.96. The van der Waals surface area contributed by atoms with Crippen LogP contribution in [0.2, 0.25) is 0 Å². The van der Waals surface area contributed by atoms with Gasteiger partial charge in [-0.25, -0.2) is 0 Å². The highest BCUT2D eigenvalue weighted by Gasteiger charge is 2.14. The first kappa shape index (κ1) is 15.9. The predicted octanol–water partition coefficient (Wildman–Crippen LogP) is 3.74. The lowest BCUT2D eigenvalue weighted by Crippen LogP contribution is -2.23. The molecule has 0 rings (SSSR count). The molecule has 0 saturated carbocycles. The Balaban J connectivity index is 3.10. The van der Waals surface area contributed by atoms with Crippen molar-refractivity contribution in [1.82, 2.24) is 0 Å². The molecule has 0 fully saturated rings. The molecule has 0 aromatic heterocycles. The number of rotatable bonds is 11. The summed E-state index contributed by atoms with van der Waals surface area (Å²) in [6.07, 6.45) is 8.89. The summed E-state index contributed by atoms with van der Waals surface area (Å²) in [6.45, 7) is 9.29. The molecule has 0 aromatic carbocycles. The second-order valence-electron chi connectivity index (χ2n) is 5.50. The third-order valence-electron chi connectivity index (χ3n) is 3.09. The van der Waals surface area contributed by atoms with Crippen LogP contribution in [0, 0.1) is 5.41 Å². The molecule has 16 heavy (non-hydrogen) atoms. The summed E-state index contributed by atoms with van der Waals surface area (Å²) in [5, 5.41) is 0. The molecular weight excluding hydrogens is 198 g/mol. The Morgan fingerprint density at radius 3 is 2.19 bits per heavy atom. The Kier molecular flexibility index (Phi) is 10.0. The van der Waals surface area contributed by atoms with Gasteiger partial charge in [0.05, 0.1) is 0 Å². The van der Waals surface area contributed by atoms with Gasteiger partial charge in [0.1, 0.15) is 0 Å². The van der Waals surface area contributed by atoms with Crippen LogP contribution in [-0.4, -0.2) is 19.8 Å². The molecule has 0 amide bonds. The number of nitrogens with two attached hydrogens (primary N) is 1. The van der Waals surface area contributed by atoms with Crippen LogP contribution in [0.4, 0.5) is 0 Å². The Bertz CT molecular complexity index is 146. The van der Waals surface area contributed by atoms with Crippen molar-refractivity contribution < 1.29 is 4.74 Å². The standard InChI is InChI=1S/C14H31NO/c1-4-5-6-7-8-11-16-12-9-10-14(2,3)13-15/h4-13,15H2,1-3H3. The molecule has 0 radical (unpaired) electrons. The quantitative estimate of drug-likeness (QED) is 0.548. The minimum Gasteiger partial charge on any atom is -0.381 e. The van der Waals surface area contributed by atoms with Gasteiger partial charge in [-0.1, -0.05) is 46.5 Å². The molecule has 0 aliphatic carbocycles. The lowest BCUT2D eigenvalue weighted by molar-refractivity contribution is 0.118. The van der Waals surface area contributed by atoms with E-state index in [-0.39, 0.29) is 5.41 Å². The van der Waals surface area contributed by atoms with Crippen LogP contribution in [0.25, 0.3) is 0 Å². The first-order chi connectivity index (χ1) is 7.62. The van der Waals surface area contributed by atoms with E-state index in [1.807, 2.05) is 0 Å². The van der Waals surface area contributed by atoms with Crippen molar-refractivity contribution in [2.75, 3.05) is 19.8 Å². The third kappa shape index (κ3) is 10.4. The second kappa shape index (κ2) is 10.1. The number of hydrogen-bond acceptors (Lipinski definition) is 2. The van der Waals surface area contributed by atoms with Gasteiger partial charge in [0, 0.05) is 13.2 Å². The molecule has 2 heteroatoms. The van der Waals surface area contributed by atoms with E-state index >= 15 is 0 Å². The number of ether oxygens (including phenoxy) is 1. The number of hydrogen-bond donors (Lipinski definition) is 1. The predicted molar refractivity (Wildman–Crippen MR) is 71.6 cm³/mol. The van der Waals surface area contributed by atoms with E-state index in [0.717, 1.165) is 26.2 Å². The van der Waals surface area contributed by atoms with E-state index in [0.29, 0.717) is 0 Å². The maximum absolute atomic E-state index is 5.67. The highest BCUT2D eigenvalue weighted by atomic mass is 16.5. The van der Waals surface area contributed by atoms with Crippen LogP contribution in [0.5, 0.6) is 0 Å². The SMILES string of the molecule is CCCCCCCOCCCC(C)(C)CN. The first-order valence-electron chi connectivity index (χ1n) is 6.90. The van der Waals surface area contributed by atoms with E-state index in [4.69, 9.17) is 10.5 Å².